The first-order chi connectivity index (χ1) is 9.05. The molecule has 1 aromatic rings. The monoisotopic (exact) mass is 266 g/mol. The minimum atomic E-state index is -0.524. The fourth-order valence-electron chi connectivity index (χ4n) is 1.86. The summed E-state index contributed by atoms with van der Waals surface area (Å²) < 4.78 is 4.89. The molecule has 0 bridgehead atoms. The van der Waals surface area contributed by atoms with Gasteiger partial charge in [-0.15, -0.1) is 0 Å². The highest BCUT2D eigenvalue weighted by Gasteiger charge is 2.34. The van der Waals surface area contributed by atoms with E-state index in [1.807, 2.05) is 6.92 Å². The van der Waals surface area contributed by atoms with Crippen molar-refractivity contribution in [2.75, 3.05) is 24.3 Å². The van der Waals surface area contributed by atoms with Crippen LogP contribution in [0.15, 0.2) is 0 Å². The Hall–Kier alpha value is -2.45. The third-order valence-electron chi connectivity index (χ3n) is 2.70. The second-order valence-electron chi connectivity index (χ2n) is 3.94. The van der Waals surface area contributed by atoms with E-state index in [0.29, 0.717) is 6.42 Å². The molecule has 0 aliphatic carbocycles. The van der Waals surface area contributed by atoms with Gasteiger partial charge in [0.25, 0.3) is 0 Å². The van der Waals surface area contributed by atoms with E-state index in [9.17, 15) is 9.59 Å². The van der Waals surface area contributed by atoms with Crippen LogP contribution in [-0.4, -0.2) is 46.5 Å². The summed E-state index contributed by atoms with van der Waals surface area (Å²) in [6.45, 7) is 1.81. The van der Waals surface area contributed by atoms with E-state index in [0.717, 1.165) is 0 Å². The summed E-state index contributed by atoms with van der Waals surface area (Å²) in [5, 5.41) is 2.27. The molecule has 0 aromatic carbocycles. The highest BCUT2D eigenvalue weighted by atomic mass is 16.5. The molecule has 102 valence electrons. The van der Waals surface area contributed by atoms with Gasteiger partial charge in [0.1, 0.15) is 12.6 Å². The number of nitrogen functional groups attached to an aromatic ring is 1. The van der Waals surface area contributed by atoms with Crippen molar-refractivity contribution in [3.8, 4) is 6.01 Å². The van der Waals surface area contributed by atoms with Crippen molar-refractivity contribution in [3.63, 3.8) is 0 Å². The first-order valence-corrected chi connectivity index (χ1v) is 5.71. The van der Waals surface area contributed by atoms with Crippen LogP contribution in [0.1, 0.15) is 13.3 Å². The van der Waals surface area contributed by atoms with E-state index in [-0.39, 0.29) is 30.4 Å². The van der Waals surface area contributed by atoms with Gasteiger partial charge >= 0.3 is 6.01 Å². The van der Waals surface area contributed by atoms with Gasteiger partial charge in [0, 0.05) is 0 Å². The highest BCUT2D eigenvalue weighted by molar-refractivity contribution is 6.04. The van der Waals surface area contributed by atoms with E-state index >= 15 is 0 Å². The number of aromatic nitrogens is 3. The van der Waals surface area contributed by atoms with Crippen LogP contribution < -0.4 is 20.7 Å². The normalized spacial score (nSPS) is 19.3. The minimum Gasteiger partial charge on any atom is -0.467 e. The standard InChI is InChI=1S/C10H14N6O3/c1-3-5-7(18)12-6(17)4-16(5)9-13-8(11)14-10(15-9)19-2/h5H,3-4H2,1-2H3,(H,12,17,18)(H2,11,13,14,15). The maximum atomic E-state index is 11.8. The molecular weight excluding hydrogens is 252 g/mol. The summed E-state index contributed by atoms with van der Waals surface area (Å²) >= 11 is 0. The molecule has 2 heterocycles. The highest BCUT2D eigenvalue weighted by Crippen LogP contribution is 2.19. The number of carbonyl (C=O) groups is 2. The number of carbonyl (C=O) groups excluding carboxylic acids is 2. The maximum absolute atomic E-state index is 11.8. The molecular formula is C10H14N6O3. The summed E-state index contributed by atoms with van der Waals surface area (Å²) in [5.41, 5.74) is 5.54. The number of hydrogen-bond acceptors (Lipinski definition) is 8. The number of hydrogen-bond donors (Lipinski definition) is 2. The van der Waals surface area contributed by atoms with Crippen LogP contribution in [0.5, 0.6) is 6.01 Å². The van der Waals surface area contributed by atoms with Crippen molar-refractivity contribution in [1.29, 1.82) is 0 Å². The van der Waals surface area contributed by atoms with Crippen molar-refractivity contribution in [1.82, 2.24) is 20.3 Å². The van der Waals surface area contributed by atoms with E-state index in [2.05, 4.69) is 20.3 Å². The van der Waals surface area contributed by atoms with Crippen LogP contribution in [0.25, 0.3) is 0 Å². The molecule has 1 aromatic heterocycles. The maximum Gasteiger partial charge on any atom is 0.322 e. The average molecular weight is 266 g/mol. The Morgan fingerprint density at radius 1 is 1.42 bits per heavy atom. The molecule has 19 heavy (non-hydrogen) atoms. The molecule has 1 aliphatic heterocycles. The zero-order chi connectivity index (χ0) is 14.0. The van der Waals surface area contributed by atoms with Gasteiger partial charge < -0.3 is 15.4 Å². The number of methoxy groups -OCH3 is 1. The minimum absolute atomic E-state index is 0.0170. The van der Waals surface area contributed by atoms with E-state index in [4.69, 9.17) is 10.5 Å². The Labute approximate surface area is 109 Å². The van der Waals surface area contributed by atoms with Crippen LogP contribution >= 0.6 is 0 Å². The zero-order valence-electron chi connectivity index (χ0n) is 10.6. The number of piperazine rings is 1. The molecule has 9 nitrogen and oxygen atoms in total. The van der Waals surface area contributed by atoms with Crippen molar-refractivity contribution in [2.45, 2.75) is 19.4 Å². The van der Waals surface area contributed by atoms with Gasteiger partial charge in [-0.1, -0.05) is 6.92 Å². The molecule has 3 N–H and O–H groups in total. The van der Waals surface area contributed by atoms with Gasteiger partial charge in [-0.3, -0.25) is 14.9 Å². The summed E-state index contributed by atoms with van der Waals surface area (Å²) in [4.78, 5) is 36.4. The molecule has 0 saturated carbocycles. The van der Waals surface area contributed by atoms with E-state index in [1.165, 1.54) is 12.0 Å². The van der Waals surface area contributed by atoms with Gasteiger partial charge in [0.2, 0.25) is 23.7 Å². The molecule has 1 aliphatic rings. The third kappa shape index (κ3) is 2.54. The molecule has 9 heteroatoms. The number of amides is 2. The molecule has 1 unspecified atom stereocenters. The van der Waals surface area contributed by atoms with Crippen LogP contribution in [0.3, 0.4) is 0 Å². The lowest BCUT2D eigenvalue weighted by Gasteiger charge is -2.33. The number of nitrogens with zero attached hydrogens (tertiary/aromatic N) is 4. The van der Waals surface area contributed by atoms with Gasteiger partial charge in [-0.05, 0) is 6.42 Å². The number of rotatable bonds is 3. The number of nitrogens with two attached hydrogens (primary N) is 1. The lowest BCUT2D eigenvalue weighted by molar-refractivity contribution is -0.133. The van der Waals surface area contributed by atoms with Gasteiger partial charge in [-0.2, -0.15) is 15.0 Å². The Morgan fingerprint density at radius 3 is 2.79 bits per heavy atom. The van der Waals surface area contributed by atoms with Crippen molar-refractivity contribution in [3.05, 3.63) is 0 Å². The molecule has 1 atom stereocenters. The first-order valence-electron chi connectivity index (χ1n) is 5.71. The average Bonchev–Trinajstić information content (AvgIpc) is 2.37. The Kier molecular flexibility index (Phi) is 3.45. The van der Waals surface area contributed by atoms with Crippen molar-refractivity contribution >= 4 is 23.7 Å². The Balaban J connectivity index is 2.39. The molecule has 2 rings (SSSR count). The fourth-order valence-corrected chi connectivity index (χ4v) is 1.86. The Bertz CT molecular complexity index is 520. The van der Waals surface area contributed by atoms with E-state index < -0.39 is 11.9 Å². The molecule has 0 spiro atoms. The van der Waals surface area contributed by atoms with Crippen LogP contribution in [0.2, 0.25) is 0 Å². The smallest absolute Gasteiger partial charge is 0.322 e. The summed E-state index contributed by atoms with van der Waals surface area (Å²) in [6.07, 6.45) is 0.507. The molecule has 2 amide bonds. The quantitative estimate of drug-likeness (QED) is 0.647. The predicted octanol–water partition coefficient (Wildman–Crippen LogP) is -1.30. The number of anilines is 2. The number of imide groups is 1. The van der Waals surface area contributed by atoms with E-state index in [1.54, 1.807) is 0 Å². The largest absolute Gasteiger partial charge is 0.467 e. The van der Waals surface area contributed by atoms with Crippen LogP contribution in [-0.2, 0) is 9.59 Å². The summed E-state index contributed by atoms with van der Waals surface area (Å²) in [6, 6.07) is -0.486. The number of nitrogens with one attached hydrogen (secondary N) is 1. The second-order valence-corrected chi connectivity index (χ2v) is 3.94. The SMILES string of the molecule is CCC1C(=O)NC(=O)CN1c1nc(N)nc(OC)n1. The van der Waals surface area contributed by atoms with Crippen LogP contribution in [0, 0.1) is 0 Å². The summed E-state index contributed by atoms with van der Waals surface area (Å²) in [5.74, 6) is -0.668. The fraction of sp³-hybridized carbons (Fsp3) is 0.500. The third-order valence-corrected chi connectivity index (χ3v) is 2.70. The topological polar surface area (TPSA) is 123 Å². The lowest BCUT2D eigenvalue weighted by atomic mass is 10.1. The van der Waals surface area contributed by atoms with Gasteiger partial charge in [0.05, 0.1) is 7.11 Å². The van der Waals surface area contributed by atoms with Gasteiger partial charge in [-0.25, -0.2) is 0 Å². The molecule has 0 radical (unpaired) electrons. The lowest BCUT2D eigenvalue weighted by Crippen LogP contribution is -2.58. The van der Waals surface area contributed by atoms with Crippen LogP contribution in [0.4, 0.5) is 11.9 Å². The van der Waals surface area contributed by atoms with Crippen molar-refractivity contribution < 1.29 is 14.3 Å². The van der Waals surface area contributed by atoms with Crippen molar-refractivity contribution in [2.24, 2.45) is 0 Å². The second kappa shape index (κ2) is 5.04. The number of ether oxygens (including phenoxy) is 1. The summed E-state index contributed by atoms with van der Waals surface area (Å²) in [7, 11) is 1.39. The zero-order valence-corrected chi connectivity index (χ0v) is 10.6. The first kappa shape index (κ1) is 13.0. The molecule has 1 fully saturated rings. The predicted molar refractivity (Wildman–Crippen MR) is 65.4 cm³/mol. The Morgan fingerprint density at radius 2 is 2.16 bits per heavy atom. The molecule has 1 saturated heterocycles. The van der Waals surface area contributed by atoms with Gasteiger partial charge in [0.15, 0.2) is 0 Å².